The molecule has 3 nitrogen and oxygen atoms in total. The van der Waals surface area contributed by atoms with Crippen LogP contribution in [0.5, 0.6) is 5.75 Å². The van der Waals surface area contributed by atoms with E-state index in [2.05, 4.69) is 5.43 Å². The lowest BCUT2D eigenvalue weighted by atomic mass is 10.0. The van der Waals surface area contributed by atoms with Crippen LogP contribution in [0.25, 0.3) is 0 Å². The summed E-state index contributed by atoms with van der Waals surface area (Å²) in [5, 5.41) is 0. The molecular weight excluding hydrogens is 255 g/mol. The normalized spacial score (nSPS) is 12.2. The number of hydrogen-bond acceptors (Lipinski definition) is 3. The fourth-order valence-electron chi connectivity index (χ4n) is 2.12. The van der Waals surface area contributed by atoms with Crippen LogP contribution < -0.4 is 16.0 Å². The predicted molar refractivity (Wildman–Crippen MR) is 77.8 cm³/mol. The van der Waals surface area contributed by atoms with Crippen molar-refractivity contribution in [2.45, 2.75) is 19.4 Å². The number of nitrogens with two attached hydrogens (primary N) is 1. The lowest BCUT2D eigenvalue weighted by molar-refractivity contribution is 0.287. The summed E-state index contributed by atoms with van der Waals surface area (Å²) in [7, 11) is 0. The molecule has 0 aliphatic rings. The number of rotatable bonds is 6. The van der Waals surface area contributed by atoms with Gasteiger partial charge in [0.2, 0.25) is 0 Å². The molecule has 0 radical (unpaired) electrons. The Morgan fingerprint density at radius 3 is 2.60 bits per heavy atom. The molecule has 0 bridgehead atoms. The van der Waals surface area contributed by atoms with E-state index in [4.69, 9.17) is 10.6 Å². The number of hydrogen-bond donors (Lipinski definition) is 2. The highest BCUT2D eigenvalue weighted by Crippen LogP contribution is 2.19. The van der Waals surface area contributed by atoms with E-state index in [9.17, 15) is 4.39 Å². The van der Waals surface area contributed by atoms with E-state index in [1.54, 1.807) is 0 Å². The molecule has 20 heavy (non-hydrogen) atoms. The molecule has 0 spiro atoms. The first-order valence-electron chi connectivity index (χ1n) is 6.60. The van der Waals surface area contributed by atoms with Crippen molar-refractivity contribution >= 4 is 0 Å². The maximum atomic E-state index is 13.4. The van der Waals surface area contributed by atoms with Crippen molar-refractivity contribution in [3.63, 3.8) is 0 Å². The van der Waals surface area contributed by atoms with Gasteiger partial charge in [-0.1, -0.05) is 24.3 Å². The van der Waals surface area contributed by atoms with Gasteiger partial charge in [0.1, 0.15) is 11.6 Å². The number of halogens is 1. The summed E-state index contributed by atoms with van der Waals surface area (Å²) in [6.07, 6.45) is 0.661. The Morgan fingerprint density at radius 2 is 1.95 bits per heavy atom. The number of para-hydroxylation sites is 1. The zero-order valence-electron chi connectivity index (χ0n) is 11.5. The fourth-order valence-corrected chi connectivity index (χ4v) is 2.12. The van der Waals surface area contributed by atoms with Crippen LogP contribution in [0, 0.1) is 12.7 Å². The smallest absolute Gasteiger partial charge is 0.123 e. The fraction of sp³-hybridized carbons (Fsp3) is 0.250. The molecule has 1 unspecified atom stereocenters. The molecule has 0 aliphatic carbocycles. The monoisotopic (exact) mass is 274 g/mol. The van der Waals surface area contributed by atoms with E-state index in [1.807, 2.05) is 43.3 Å². The van der Waals surface area contributed by atoms with Gasteiger partial charge in [-0.2, -0.15) is 0 Å². The first-order valence-corrected chi connectivity index (χ1v) is 6.60. The number of benzene rings is 2. The Morgan fingerprint density at radius 1 is 1.20 bits per heavy atom. The highest BCUT2D eigenvalue weighted by molar-refractivity contribution is 5.26. The summed E-state index contributed by atoms with van der Waals surface area (Å²) in [6, 6.07) is 14.4. The highest BCUT2D eigenvalue weighted by Gasteiger charge is 2.11. The van der Waals surface area contributed by atoms with E-state index in [-0.39, 0.29) is 11.9 Å². The predicted octanol–water partition coefficient (Wildman–Crippen LogP) is 3.11. The molecule has 2 aromatic rings. The van der Waals surface area contributed by atoms with Crippen molar-refractivity contribution in [2.24, 2.45) is 5.84 Å². The van der Waals surface area contributed by atoms with Crippen molar-refractivity contribution in [1.29, 1.82) is 0 Å². The largest absolute Gasteiger partial charge is 0.494 e. The van der Waals surface area contributed by atoms with Crippen LogP contribution in [-0.2, 0) is 0 Å². The second kappa shape index (κ2) is 7.03. The topological polar surface area (TPSA) is 47.3 Å². The number of ether oxygens (including phenoxy) is 1. The number of hydrazine groups is 1. The Kier molecular flexibility index (Phi) is 5.09. The molecular formula is C16H19FN2O. The zero-order chi connectivity index (χ0) is 14.4. The van der Waals surface area contributed by atoms with Gasteiger partial charge in [-0.15, -0.1) is 0 Å². The van der Waals surface area contributed by atoms with Gasteiger partial charge in [0, 0.05) is 12.5 Å². The van der Waals surface area contributed by atoms with Gasteiger partial charge in [-0.25, -0.2) is 4.39 Å². The second-order valence-corrected chi connectivity index (χ2v) is 4.73. The third-order valence-electron chi connectivity index (χ3n) is 3.09. The van der Waals surface area contributed by atoms with E-state index in [1.165, 1.54) is 12.1 Å². The van der Waals surface area contributed by atoms with Gasteiger partial charge in [-0.05, 0) is 42.3 Å². The summed E-state index contributed by atoms with van der Waals surface area (Å²) in [5.74, 6) is 6.13. The molecule has 0 amide bonds. The minimum absolute atomic E-state index is 0.131. The van der Waals surface area contributed by atoms with Crippen molar-refractivity contribution in [1.82, 2.24) is 5.43 Å². The molecule has 0 aliphatic heterocycles. The first kappa shape index (κ1) is 14.5. The molecule has 1 atom stereocenters. The van der Waals surface area contributed by atoms with Crippen LogP contribution in [-0.4, -0.2) is 6.61 Å². The third kappa shape index (κ3) is 4.05. The Balaban J connectivity index is 1.95. The summed E-state index contributed by atoms with van der Waals surface area (Å²) in [4.78, 5) is 0. The van der Waals surface area contributed by atoms with E-state index in [0.717, 1.165) is 16.9 Å². The summed E-state index contributed by atoms with van der Waals surface area (Å²) in [6.45, 7) is 2.37. The van der Waals surface area contributed by atoms with E-state index in [0.29, 0.717) is 13.0 Å². The van der Waals surface area contributed by atoms with Crippen LogP contribution in [0.1, 0.15) is 23.6 Å². The lowest BCUT2D eigenvalue weighted by Crippen LogP contribution is -2.29. The van der Waals surface area contributed by atoms with Crippen LogP contribution >= 0.6 is 0 Å². The Hall–Kier alpha value is -1.91. The molecule has 2 rings (SSSR count). The number of nitrogens with one attached hydrogen (secondary N) is 1. The number of aryl methyl sites for hydroxylation is 1. The molecule has 0 saturated heterocycles. The van der Waals surface area contributed by atoms with Gasteiger partial charge in [0.05, 0.1) is 6.61 Å². The summed E-state index contributed by atoms with van der Waals surface area (Å²) in [5.41, 5.74) is 4.43. The van der Waals surface area contributed by atoms with Crippen molar-refractivity contribution in [2.75, 3.05) is 6.61 Å². The average molecular weight is 274 g/mol. The Labute approximate surface area is 118 Å². The molecule has 4 heteroatoms. The minimum Gasteiger partial charge on any atom is -0.494 e. The van der Waals surface area contributed by atoms with Crippen molar-refractivity contribution < 1.29 is 9.13 Å². The third-order valence-corrected chi connectivity index (χ3v) is 3.09. The van der Waals surface area contributed by atoms with Crippen LogP contribution in [0.3, 0.4) is 0 Å². The van der Waals surface area contributed by atoms with Gasteiger partial charge in [0.15, 0.2) is 0 Å². The van der Waals surface area contributed by atoms with Gasteiger partial charge < -0.3 is 4.74 Å². The minimum atomic E-state index is -0.246. The van der Waals surface area contributed by atoms with E-state index >= 15 is 0 Å². The summed E-state index contributed by atoms with van der Waals surface area (Å²) >= 11 is 0. The second-order valence-electron chi connectivity index (χ2n) is 4.73. The molecule has 3 N–H and O–H groups in total. The molecule has 2 aromatic carbocycles. The molecule has 0 saturated carbocycles. The van der Waals surface area contributed by atoms with Crippen molar-refractivity contribution in [3.8, 4) is 5.75 Å². The molecule has 0 heterocycles. The van der Waals surface area contributed by atoms with Gasteiger partial charge in [-0.3, -0.25) is 11.3 Å². The van der Waals surface area contributed by atoms with E-state index < -0.39 is 0 Å². The highest BCUT2D eigenvalue weighted by atomic mass is 19.1. The van der Waals surface area contributed by atoms with Crippen LogP contribution in [0.2, 0.25) is 0 Å². The quantitative estimate of drug-likeness (QED) is 0.628. The Bertz CT molecular complexity index is 525. The molecule has 106 valence electrons. The van der Waals surface area contributed by atoms with Crippen molar-refractivity contribution in [3.05, 3.63) is 65.5 Å². The summed E-state index contributed by atoms with van der Waals surface area (Å²) < 4.78 is 19.0. The van der Waals surface area contributed by atoms with Crippen LogP contribution in [0.15, 0.2) is 48.5 Å². The van der Waals surface area contributed by atoms with Gasteiger partial charge in [0.25, 0.3) is 0 Å². The standard InChI is InChI=1S/C16H19FN2O/c1-12-9-13(11-14(17)10-12)16(19-18)7-8-20-15-5-3-2-4-6-15/h2-6,9-11,16,19H,7-8,18H2,1H3. The SMILES string of the molecule is Cc1cc(F)cc(C(CCOc2ccccc2)NN)c1. The van der Waals surface area contributed by atoms with Crippen LogP contribution in [0.4, 0.5) is 4.39 Å². The first-order chi connectivity index (χ1) is 9.69. The molecule has 0 fully saturated rings. The van der Waals surface area contributed by atoms with Gasteiger partial charge >= 0.3 is 0 Å². The zero-order valence-corrected chi connectivity index (χ0v) is 11.5. The maximum Gasteiger partial charge on any atom is 0.123 e. The molecule has 0 aromatic heterocycles. The lowest BCUT2D eigenvalue weighted by Gasteiger charge is -2.17. The average Bonchev–Trinajstić information content (AvgIpc) is 2.43. The maximum absolute atomic E-state index is 13.4.